The summed E-state index contributed by atoms with van der Waals surface area (Å²) in [6.45, 7) is 2.14. The van der Waals surface area contributed by atoms with Crippen LogP contribution >= 0.6 is 0 Å². The minimum absolute atomic E-state index is 0.485. The molecule has 0 aromatic carbocycles. The molecule has 1 unspecified atom stereocenters. The van der Waals surface area contributed by atoms with Gasteiger partial charge in [-0.25, -0.2) is 0 Å². The molecule has 2 nitrogen and oxygen atoms in total. The molecule has 48 valence electrons. The number of allylic oxidation sites excluding steroid dienone is 2. The van der Waals surface area contributed by atoms with E-state index in [1.165, 1.54) is 5.70 Å². The smallest absolute Gasteiger partial charge is 0.0659 e. The minimum Gasteiger partial charge on any atom is -0.386 e. The standard InChI is InChI=1S/C7H10N2/c1-2-6-7(3-1)9-5-4-8-6/h1-3,6,8-9H,4-5H2. The Morgan fingerprint density at radius 3 is 3.33 bits per heavy atom. The molecular weight excluding hydrogens is 112 g/mol. The molecule has 0 radical (unpaired) electrons. The number of nitrogens with one attached hydrogen (secondary N) is 2. The highest BCUT2D eigenvalue weighted by atomic mass is 15.1. The van der Waals surface area contributed by atoms with Crippen molar-refractivity contribution in [2.45, 2.75) is 6.04 Å². The van der Waals surface area contributed by atoms with Gasteiger partial charge in [-0.15, -0.1) is 0 Å². The van der Waals surface area contributed by atoms with E-state index in [0.29, 0.717) is 6.04 Å². The van der Waals surface area contributed by atoms with Gasteiger partial charge < -0.3 is 10.6 Å². The van der Waals surface area contributed by atoms with Gasteiger partial charge in [-0.2, -0.15) is 0 Å². The number of hydrogen-bond donors (Lipinski definition) is 2. The first-order valence-corrected chi connectivity index (χ1v) is 3.32. The zero-order valence-electron chi connectivity index (χ0n) is 5.22. The summed E-state index contributed by atoms with van der Waals surface area (Å²) in [5.74, 6) is 0. The quantitative estimate of drug-likeness (QED) is 0.472. The number of piperazine rings is 1. The van der Waals surface area contributed by atoms with E-state index in [0.717, 1.165) is 13.1 Å². The Hall–Kier alpha value is -0.760. The van der Waals surface area contributed by atoms with Crippen molar-refractivity contribution in [3.63, 3.8) is 0 Å². The Morgan fingerprint density at radius 1 is 1.44 bits per heavy atom. The third-order valence-electron chi connectivity index (χ3n) is 1.73. The fourth-order valence-corrected chi connectivity index (χ4v) is 1.26. The zero-order valence-corrected chi connectivity index (χ0v) is 5.22. The van der Waals surface area contributed by atoms with Gasteiger partial charge in [0.25, 0.3) is 0 Å². The fourth-order valence-electron chi connectivity index (χ4n) is 1.26. The summed E-state index contributed by atoms with van der Waals surface area (Å²) in [6, 6.07) is 0.485. The van der Waals surface area contributed by atoms with Gasteiger partial charge in [0.05, 0.1) is 6.04 Å². The Kier molecular flexibility index (Phi) is 1.06. The van der Waals surface area contributed by atoms with Crippen molar-refractivity contribution >= 4 is 0 Å². The van der Waals surface area contributed by atoms with Gasteiger partial charge in [0, 0.05) is 18.8 Å². The van der Waals surface area contributed by atoms with Crippen molar-refractivity contribution in [1.82, 2.24) is 10.6 Å². The molecule has 1 aliphatic heterocycles. The Labute approximate surface area is 54.6 Å². The molecule has 0 saturated carbocycles. The molecule has 0 spiro atoms. The summed E-state index contributed by atoms with van der Waals surface area (Å²) < 4.78 is 0. The van der Waals surface area contributed by atoms with E-state index < -0.39 is 0 Å². The molecule has 2 heteroatoms. The second-order valence-electron chi connectivity index (χ2n) is 2.37. The molecule has 0 bridgehead atoms. The van der Waals surface area contributed by atoms with Crippen LogP contribution in [-0.4, -0.2) is 19.1 Å². The predicted molar refractivity (Wildman–Crippen MR) is 37.0 cm³/mol. The summed E-state index contributed by atoms with van der Waals surface area (Å²) in [5, 5.41) is 6.68. The molecule has 2 rings (SSSR count). The molecule has 0 aromatic heterocycles. The van der Waals surface area contributed by atoms with E-state index in [4.69, 9.17) is 0 Å². The molecule has 9 heavy (non-hydrogen) atoms. The van der Waals surface area contributed by atoms with Gasteiger partial charge in [0.1, 0.15) is 0 Å². The monoisotopic (exact) mass is 122 g/mol. The average molecular weight is 122 g/mol. The average Bonchev–Trinajstić information content (AvgIpc) is 2.33. The van der Waals surface area contributed by atoms with Gasteiger partial charge >= 0.3 is 0 Å². The first-order valence-electron chi connectivity index (χ1n) is 3.32. The molecule has 1 atom stereocenters. The van der Waals surface area contributed by atoms with Crippen LogP contribution in [0.25, 0.3) is 0 Å². The summed E-state index contributed by atoms with van der Waals surface area (Å²) in [5.41, 5.74) is 1.32. The van der Waals surface area contributed by atoms with Crippen LogP contribution in [0.2, 0.25) is 0 Å². The number of fused-ring (bicyclic) bond motifs is 1. The minimum atomic E-state index is 0.485. The van der Waals surface area contributed by atoms with Crippen LogP contribution in [0.4, 0.5) is 0 Å². The van der Waals surface area contributed by atoms with Crippen molar-refractivity contribution in [2.24, 2.45) is 0 Å². The summed E-state index contributed by atoms with van der Waals surface area (Å²) in [7, 11) is 0. The van der Waals surface area contributed by atoms with Crippen molar-refractivity contribution in [2.75, 3.05) is 13.1 Å². The third kappa shape index (κ3) is 0.754. The van der Waals surface area contributed by atoms with Crippen LogP contribution in [0.3, 0.4) is 0 Å². The lowest BCUT2D eigenvalue weighted by molar-refractivity contribution is 0.542. The van der Waals surface area contributed by atoms with Crippen LogP contribution in [-0.2, 0) is 0 Å². The van der Waals surface area contributed by atoms with E-state index in [-0.39, 0.29) is 0 Å². The molecule has 1 aliphatic carbocycles. The van der Waals surface area contributed by atoms with Crippen molar-refractivity contribution in [3.8, 4) is 0 Å². The van der Waals surface area contributed by atoms with Crippen LogP contribution in [0, 0.1) is 0 Å². The van der Waals surface area contributed by atoms with Crippen molar-refractivity contribution in [3.05, 3.63) is 23.9 Å². The molecule has 2 aliphatic rings. The molecule has 0 aromatic rings. The number of rotatable bonds is 0. The SMILES string of the molecule is C1=CC2NCCNC2=C1. The molecule has 1 fully saturated rings. The summed E-state index contributed by atoms with van der Waals surface area (Å²) >= 11 is 0. The normalized spacial score (nSPS) is 31.1. The highest BCUT2D eigenvalue weighted by Crippen LogP contribution is 2.09. The lowest BCUT2D eigenvalue weighted by Gasteiger charge is -2.23. The van der Waals surface area contributed by atoms with E-state index in [2.05, 4.69) is 28.9 Å². The van der Waals surface area contributed by atoms with Crippen LogP contribution in [0.5, 0.6) is 0 Å². The summed E-state index contributed by atoms with van der Waals surface area (Å²) in [6.07, 6.45) is 6.38. The molecule has 1 saturated heterocycles. The van der Waals surface area contributed by atoms with Crippen molar-refractivity contribution in [1.29, 1.82) is 0 Å². The van der Waals surface area contributed by atoms with E-state index >= 15 is 0 Å². The van der Waals surface area contributed by atoms with E-state index in [1.54, 1.807) is 0 Å². The fraction of sp³-hybridized carbons (Fsp3) is 0.429. The molecule has 0 amide bonds. The third-order valence-corrected chi connectivity index (χ3v) is 1.73. The highest BCUT2D eigenvalue weighted by molar-refractivity contribution is 5.30. The maximum Gasteiger partial charge on any atom is 0.0659 e. The molecule has 1 heterocycles. The van der Waals surface area contributed by atoms with Gasteiger partial charge in [-0.05, 0) is 6.08 Å². The van der Waals surface area contributed by atoms with Gasteiger partial charge in [0.2, 0.25) is 0 Å². The Morgan fingerprint density at radius 2 is 2.44 bits per heavy atom. The lowest BCUT2D eigenvalue weighted by Crippen LogP contribution is -2.44. The predicted octanol–water partition coefficient (Wildman–Crippen LogP) is 0.00150. The molecular formula is C7H10N2. The van der Waals surface area contributed by atoms with Crippen LogP contribution < -0.4 is 10.6 Å². The molecule has 2 N–H and O–H groups in total. The maximum absolute atomic E-state index is 3.36. The highest BCUT2D eigenvalue weighted by Gasteiger charge is 2.16. The first kappa shape index (κ1) is 5.06. The Balaban J connectivity index is 2.16. The van der Waals surface area contributed by atoms with E-state index in [1.807, 2.05) is 0 Å². The largest absolute Gasteiger partial charge is 0.386 e. The first-order chi connectivity index (χ1) is 4.47. The van der Waals surface area contributed by atoms with Crippen LogP contribution in [0.1, 0.15) is 0 Å². The van der Waals surface area contributed by atoms with Crippen LogP contribution in [0.15, 0.2) is 23.9 Å². The number of hydrogen-bond acceptors (Lipinski definition) is 2. The second kappa shape index (κ2) is 1.88. The Bertz CT molecular complexity index is 170. The van der Waals surface area contributed by atoms with Gasteiger partial charge in [-0.3, -0.25) is 0 Å². The zero-order chi connectivity index (χ0) is 6.10. The van der Waals surface area contributed by atoms with E-state index in [9.17, 15) is 0 Å². The maximum atomic E-state index is 3.36. The second-order valence-corrected chi connectivity index (χ2v) is 2.37. The summed E-state index contributed by atoms with van der Waals surface area (Å²) in [4.78, 5) is 0. The van der Waals surface area contributed by atoms with Gasteiger partial charge in [-0.1, -0.05) is 12.2 Å². The van der Waals surface area contributed by atoms with Crippen molar-refractivity contribution < 1.29 is 0 Å². The topological polar surface area (TPSA) is 24.1 Å². The van der Waals surface area contributed by atoms with Gasteiger partial charge in [0.15, 0.2) is 0 Å². The lowest BCUT2D eigenvalue weighted by atomic mass is 10.2.